The van der Waals surface area contributed by atoms with Gasteiger partial charge in [0.05, 0.1) is 12.1 Å². The first-order chi connectivity index (χ1) is 14.6. The van der Waals surface area contributed by atoms with Crippen molar-refractivity contribution in [1.82, 2.24) is 14.7 Å². The van der Waals surface area contributed by atoms with Crippen LogP contribution in [0.5, 0.6) is 0 Å². The zero-order chi connectivity index (χ0) is 22.6. The molecule has 0 unspecified atom stereocenters. The summed E-state index contributed by atoms with van der Waals surface area (Å²) in [5.41, 5.74) is 3.24. The van der Waals surface area contributed by atoms with E-state index in [2.05, 4.69) is 31.1 Å². The lowest BCUT2D eigenvalue weighted by molar-refractivity contribution is -0.144. The minimum absolute atomic E-state index is 0.0168. The maximum absolute atomic E-state index is 12.3. The number of pyridine rings is 1. The van der Waals surface area contributed by atoms with Crippen molar-refractivity contribution in [2.24, 2.45) is 0 Å². The van der Waals surface area contributed by atoms with E-state index in [-0.39, 0.29) is 36.5 Å². The van der Waals surface area contributed by atoms with E-state index >= 15 is 0 Å². The molecule has 2 aromatic heterocycles. The van der Waals surface area contributed by atoms with Crippen LogP contribution in [0.15, 0.2) is 53.5 Å². The number of nitrogens with one attached hydrogen (secondary N) is 1. The molecule has 0 aliphatic rings. The molecule has 2 heterocycles. The largest absolute Gasteiger partial charge is 0.459 e. The van der Waals surface area contributed by atoms with E-state index in [1.54, 1.807) is 24.4 Å². The fourth-order valence-corrected chi connectivity index (χ4v) is 3.11. The molecule has 162 valence electrons. The highest BCUT2D eigenvalue weighted by molar-refractivity contribution is 5.94. The Labute approximate surface area is 181 Å². The normalized spacial score (nSPS) is 11.4. The van der Waals surface area contributed by atoms with Gasteiger partial charge in [-0.05, 0) is 41.7 Å². The fourth-order valence-electron chi connectivity index (χ4n) is 3.11. The van der Waals surface area contributed by atoms with Crippen molar-refractivity contribution < 1.29 is 14.3 Å². The maximum Gasteiger partial charge on any atom is 0.307 e. The summed E-state index contributed by atoms with van der Waals surface area (Å²) in [5, 5.41) is 2.72. The van der Waals surface area contributed by atoms with Gasteiger partial charge in [-0.1, -0.05) is 39.0 Å². The van der Waals surface area contributed by atoms with Gasteiger partial charge in [0.1, 0.15) is 12.3 Å². The van der Waals surface area contributed by atoms with Crippen molar-refractivity contribution in [3.05, 3.63) is 81.4 Å². The molecular weight excluding hydrogens is 394 g/mol. The monoisotopic (exact) mass is 421 g/mol. The summed E-state index contributed by atoms with van der Waals surface area (Å²) in [5.74, 6) is -0.719. The number of esters is 1. The Balaban J connectivity index is 1.49. The van der Waals surface area contributed by atoms with Gasteiger partial charge in [0, 0.05) is 24.4 Å². The second-order valence-corrected chi connectivity index (χ2v) is 8.46. The average molecular weight is 421 g/mol. The quantitative estimate of drug-likeness (QED) is 0.618. The minimum atomic E-state index is -0.477. The molecule has 0 saturated heterocycles. The molecule has 0 spiro atoms. The molecule has 0 atom stereocenters. The molecule has 1 N–H and O–H groups in total. The molecule has 31 heavy (non-hydrogen) atoms. The molecule has 3 rings (SSSR count). The number of rotatable bonds is 6. The van der Waals surface area contributed by atoms with Gasteiger partial charge in [-0.2, -0.15) is 0 Å². The Morgan fingerprint density at radius 1 is 1.13 bits per heavy atom. The predicted octanol–water partition coefficient (Wildman–Crippen LogP) is 3.16. The Bertz CT molecular complexity index is 1160. The molecule has 0 bridgehead atoms. The number of amides is 1. The van der Waals surface area contributed by atoms with E-state index in [0.717, 1.165) is 11.1 Å². The van der Waals surface area contributed by atoms with E-state index < -0.39 is 5.97 Å². The summed E-state index contributed by atoms with van der Waals surface area (Å²) >= 11 is 0. The van der Waals surface area contributed by atoms with Crippen LogP contribution in [0, 0.1) is 6.92 Å². The number of fused-ring (bicyclic) bond motifs is 1. The molecular formula is C24H27N3O4. The van der Waals surface area contributed by atoms with Gasteiger partial charge in [0.2, 0.25) is 0 Å². The summed E-state index contributed by atoms with van der Waals surface area (Å²) in [6.07, 6.45) is 1.67. The van der Waals surface area contributed by atoms with Crippen molar-refractivity contribution >= 4 is 17.5 Å². The minimum Gasteiger partial charge on any atom is -0.459 e. The molecule has 7 nitrogen and oxygen atoms in total. The van der Waals surface area contributed by atoms with Gasteiger partial charge in [0.25, 0.3) is 11.5 Å². The highest BCUT2D eigenvalue weighted by atomic mass is 16.5. The Kier molecular flexibility index (Phi) is 6.53. The van der Waals surface area contributed by atoms with Crippen LogP contribution >= 0.6 is 0 Å². The van der Waals surface area contributed by atoms with Gasteiger partial charge in [-0.3, -0.25) is 18.8 Å². The number of benzene rings is 1. The maximum atomic E-state index is 12.3. The molecule has 0 aliphatic heterocycles. The SMILES string of the molecule is Cc1cccn2c(=O)cc(COC(=O)CCNC(=O)c3ccc(C(C)(C)C)cc3)nc12. The second-order valence-electron chi connectivity index (χ2n) is 8.46. The topological polar surface area (TPSA) is 89.8 Å². The van der Waals surface area contributed by atoms with E-state index in [9.17, 15) is 14.4 Å². The van der Waals surface area contributed by atoms with Crippen LogP contribution in [0.2, 0.25) is 0 Å². The summed E-state index contributed by atoms with van der Waals surface area (Å²) in [6, 6.07) is 12.4. The zero-order valence-corrected chi connectivity index (χ0v) is 18.3. The molecule has 3 aromatic rings. The van der Waals surface area contributed by atoms with Crippen LogP contribution in [-0.2, 0) is 21.6 Å². The van der Waals surface area contributed by atoms with Crippen LogP contribution < -0.4 is 10.9 Å². The molecule has 7 heteroatoms. The lowest BCUT2D eigenvalue weighted by Crippen LogP contribution is -2.26. The first-order valence-corrected chi connectivity index (χ1v) is 10.2. The molecule has 0 radical (unpaired) electrons. The average Bonchev–Trinajstić information content (AvgIpc) is 2.72. The van der Waals surface area contributed by atoms with Crippen molar-refractivity contribution in [2.75, 3.05) is 6.54 Å². The zero-order valence-electron chi connectivity index (χ0n) is 18.3. The van der Waals surface area contributed by atoms with Crippen LogP contribution in [0.1, 0.15) is 54.4 Å². The molecule has 0 fully saturated rings. The lowest BCUT2D eigenvalue weighted by atomic mass is 9.87. The van der Waals surface area contributed by atoms with E-state index in [1.807, 2.05) is 25.1 Å². The Morgan fingerprint density at radius 3 is 2.52 bits per heavy atom. The third-order valence-corrected chi connectivity index (χ3v) is 4.95. The van der Waals surface area contributed by atoms with E-state index in [4.69, 9.17) is 4.74 Å². The predicted molar refractivity (Wildman–Crippen MR) is 118 cm³/mol. The van der Waals surface area contributed by atoms with E-state index in [1.165, 1.54) is 10.5 Å². The number of aromatic nitrogens is 2. The Hall–Kier alpha value is -3.48. The van der Waals surface area contributed by atoms with Crippen LogP contribution in [0.25, 0.3) is 5.65 Å². The van der Waals surface area contributed by atoms with Gasteiger partial charge >= 0.3 is 5.97 Å². The molecule has 0 saturated carbocycles. The number of hydrogen-bond donors (Lipinski definition) is 1. The van der Waals surface area contributed by atoms with Crippen LogP contribution in [0.3, 0.4) is 0 Å². The van der Waals surface area contributed by atoms with Crippen molar-refractivity contribution in [3.8, 4) is 0 Å². The summed E-state index contributed by atoms with van der Waals surface area (Å²) in [7, 11) is 0. The highest BCUT2D eigenvalue weighted by Crippen LogP contribution is 2.22. The number of hydrogen-bond acceptors (Lipinski definition) is 5. The lowest BCUT2D eigenvalue weighted by Gasteiger charge is -2.19. The number of carbonyl (C=O) groups is 2. The van der Waals surface area contributed by atoms with Crippen LogP contribution in [-0.4, -0.2) is 27.8 Å². The highest BCUT2D eigenvalue weighted by Gasteiger charge is 2.14. The summed E-state index contributed by atoms with van der Waals surface area (Å²) in [6.45, 7) is 8.25. The van der Waals surface area contributed by atoms with Gasteiger partial charge in [-0.15, -0.1) is 0 Å². The number of carbonyl (C=O) groups excluding carboxylic acids is 2. The summed E-state index contributed by atoms with van der Waals surface area (Å²) < 4.78 is 6.66. The second kappa shape index (κ2) is 9.12. The van der Waals surface area contributed by atoms with E-state index in [0.29, 0.717) is 16.9 Å². The number of ether oxygens (including phenoxy) is 1. The standard InChI is InChI=1S/C24H27N3O4/c1-16-6-5-13-27-20(28)14-19(26-22(16)27)15-31-21(29)11-12-25-23(30)17-7-9-18(10-8-17)24(2,3)4/h5-10,13-14H,11-12,15H2,1-4H3,(H,25,30). The molecule has 1 amide bonds. The van der Waals surface area contributed by atoms with Gasteiger partial charge < -0.3 is 10.1 Å². The first-order valence-electron chi connectivity index (χ1n) is 10.2. The first kappa shape index (κ1) is 22.2. The Morgan fingerprint density at radius 2 is 1.84 bits per heavy atom. The smallest absolute Gasteiger partial charge is 0.307 e. The van der Waals surface area contributed by atoms with Crippen LogP contribution in [0.4, 0.5) is 0 Å². The van der Waals surface area contributed by atoms with Crippen molar-refractivity contribution in [3.63, 3.8) is 0 Å². The van der Waals surface area contributed by atoms with Crippen molar-refractivity contribution in [1.29, 1.82) is 0 Å². The van der Waals surface area contributed by atoms with Crippen molar-refractivity contribution in [2.45, 2.75) is 46.1 Å². The number of aryl methyl sites for hydroxylation is 1. The summed E-state index contributed by atoms with van der Waals surface area (Å²) in [4.78, 5) is 40.9. The third-order valence-electron chi connectivity index (χ3n) is 4.95. The fraction of sp³-hybridized carbons (Fsp3) is 0.333. The molecule has 0 aliphatic carbocycles. The molecule has 1 aromatic carbocycles. The third kappa shape index (κ3) is 5.57. The number of nitrogens with zero attached hydrogens (tertiary/aromatic N) is 2. The van der Waals surface area contributed by atoms with Gasteiger partial charge in [-0.25, -0.2) is 4.98 Å². The van der Waals surface area contributed by atoms with Gasteiger partial charge in [0.15, 0.2) is 0 Å².